The minimum absolute atomic E-state index is 0.162. The van der Waals surface area contributed by atoms with Gasteiger partial charge in [-0.1, -0.05) is 32.6 Å². The minimum Gasteiger partial charge on any atom is -0.352 e. The smallest absolute Gasteiger partial charge is 0.234 e. The minimum atomic E-state index is 0.162. The van der Waals surface area contributed by atoms with Crippen LogP contribution in [0.4, 0.5) is 0 Å². The van der Waals surface area contributed by atoms with Crippen LogP contribution in [-0.2, 0) is 4.79 Å². The molecule has 1 fully saturated rings. The highest BCUT2D eigenvalue weighted by Gasteiger charge is 2.16. The van der Waals surface area contributed by atoms with E-state index in [0.29, 0.717) is 18.6 Å². The third-order valence-corrected chi connectivity index (χ3v) is 3.32. The summed E-state index contributed by atoms with van der Waals surface area (Å²) in [5, 5.41) is 6.37. The van der Waals surface area contributed by atoms with Crippen LogP contribution in [0, 0.1) is 0 Å². The van der Waals surface area contributed by atoms with Crippen LogP contribution in [0.3, 0.4) is 0 Å². The SMILES string of the molecule is CCCCC(C)NCC(=O)NC1CCCC1. The maximum absolute atomic E-state index is 11.6. The predicted molar refractivity (Wildman–Crippen MR) is 67.4 cm³/mol. The Labute approximate surface area is 99.4 Å². The van der Waals surface area contributed by atoms with Gasteiger partial charge in [0.1, 0.15) is 0 Å². The molecule has 0 spiro atoms. The number of hydrogen-bond donors (Lipinski definition) is 2. The van der Waals surface area contributed by atoms with Crippen LogP contribution in [0.2, 0.25) is 0 Å². The first-order chi connectivity index (χ1) is 7.72. The number of hydrogen-bond acceptors (Lipinski definition) is 2. The summed E-state index contributed by atoms with van der Waals surface area (Å²) in [6.07, 6.45) is 8.48. The molecule has 0 heterocycles. The third-order valence-electron chi connectivity index (χ3n) is 3.32. The Balaban J connectivity index is 2.04. The summed E-state index contributed by atoms with van der Waals surface area (Å²) in [7, 11) is 0. The lowest BCUT2D eigenvalue weighted by atomic mass is 10.1. The highest BCUT2D eigenvalue weighted by molar-refractivity contribution is 5.78. The van der Waals surface area contributed by atoms with Crippen molar-refractivity contribution in [3.05, 3.63) is 0 Å². The second-order valence-corrected chi connectivity index (χ2v) is 4.97. The molecular weight excluding hydrogens is 200 g/mol. The molecule has 1 rings (SSSR count). The average Bonchev–Trinajstić information content (AvgIpc) is 2.76. The first-order valence-electron chi connectivity index (χ1n) is 6.75. The van der Waals surface area contributed by atoms with E-state index in [0.717, 1.165) is 19.3 Å². The summed E-state index contributed by atoms with van der Waals surface area (Å²) in [6, 6.07) is 0.898. The number of nitrogens with one attached hydrogen (secondary N) is 2. The van der Waals surface area contributed by atoms with Gasteiger partial charge in [0, 0.05) is 12.1 Å². The molecule has 0 aromatic carbocycles. The monoisotopic (exact) mass is 226 g/mol. The molecule has 0 aliphatic heterocycles. The average molecular weight is 226 g/mol. The molecule has 0 saturated heterocycles. The first kappa shape index (κ1) is 13.5. The van der Waals surface area contributed by atoms with Crippen molar-refractivity contribution in [3.63, 3.8) is 0 Å². The summed E-state index contributed by atoms with van der Waals surface area (Å²) in [5.41, 5.74) is 0. The van der Waals surface area contributed by atoms with E-state index in [9.17, 15) is 4.79 Å². The van der Waals surface area contributed by atoms with E-state index in [1.165, 1.54) is 25.7 Å². The highest BCUT2D eigenvalue weighted by Crippen LogP contribution is 2.17. The van der Waals surface area contributed by atoms with E-state index in [1.54, 1.807) is 0 Å². The second-order valence-electron chi connectivity index (χ2n) is 4.97. The lowest BCUT2D eigenvalue weighted by molar-refractivity contribution is -0.121. The van der Waals surface area contributed by atoms with Crippen LogP contribution in [0.1, 0.15) is 58.8 Å². The van der Waals surface area contributed by atoms with Gasteiger partial charge in [-0.2, -0.15) is 0 Å². The molecule has 1 aliphatic carbocycles. The standard InChI is InChI=1S/C13H26N2O/c1-3-4-7-11(2)14-10-13(16)15-12-8-5-6-9-12/h11-12,14H,3-10H2,1-2H3,(H,15,16). The Morgan fingerprint density at radius 1 is 1.38 bits per heavy atom. The second kappa shape index (κ2) is 7.66. The van der Waals surface area contributed by atoms with Gasteiger partial charge >= 0.3 is 0 Å². The molecule has 3 heteroatoms. The first-order valence-corrected chi connectivity index (χ1v) is 6.75. The van der Waals surface area contributed by atoms with Gasteiger partial charge < -0.3 is 10.6 Å². The van der Waals surface area contributed by atoms with Crippen molar-refractivity contribution < 1.29 is 4.79 Å². The van der Waals surface area contributed by atoms with Crippen molar-refractivity contribution in [3.8, 4) is 0 Å². The fourth-order valence-corrected chi connectivity index (χ4v) is 2.23. The van der Waals surface area contributed by atoms with Crippen LogP contribution in [-0.4, -0.2) is 24.5 Å². The van der Waals surface area contributed by atoms with Gasteiger partial charge in [-0.15, -0.1) is 0 Å². The lowest BCUT2D eigenvalue weighted by Crippen LogP contribution is -2.41. The largest absolute Gasteiger partial charge is 0.352 e. The molecule has 0 bridgehead atoms. The molecule has 0 aromatic heterocycles. The number of amides is 1. The zero-order valence-corrected chi connectivity index (χ0v) is 10.7. The summed E-state index contributed by atoms with van der Waals surface area (Å²) in [5.74, 6) is 0.162. The Hall–Kier alpha value is -0.570. The van der Waals surface area contributed by atoms with Gasteiger partial charge in [-0.3, -0.25) is 4.79 Å². The number of unbranched alkanes of at least 4 members (excludes halogenated alkanes) is 1. The van der Waals surface area contributed by atoms with Crippen molar-refractivity contribution in [2.24, 2.45) is 0 Å². The molecular formula is C13H26N2O. The van der Waals surface area contributed by atoms with Crippen molar-refractivity contribution >= 4 is 5.91 Å². The fraction of sp³-hybridized carbons (Fsp3) is 0.923. The number of carbonyl (C=O) groups is 1. The van der Waals surface area contributed by atoms with Crippen molar-refractivity contribution in [2.45, 2.75) is 70.9 Å². The summed E-state index contributed by atoms with van der Waals surface area (Å²) in [6.45, 7) is 4.82. The zero-order valence-electron chi connectivity index (χ0n) is 10.7. The van der Waals surface area contributed by atoms with Gasteiger partial charge in [0.2, 0.25) is 5.91 Å². The van der Waals surface area contributed by atoms with Gasteiger partial charge in [-0.25, -0.2) is 0 Å². The summed E-state index contributed by atoms with van der Waals surface area (Å²) >= 11 is 0. The van der Waals surface area contributed by atoms with Crippen molar-refractivity contribution in [1.29, 1.82) is 0 Å². The quantitative estimate of drug-likeness (QED) is 0.699. The normalized spacial score (nSPS) is 18.6. The van der Waals surface area contributed by atoms with Gasteiger partial charge in [-0.05, 0) is 26.2 Å². The van der Waals surface area contributed by atoms with Crippen LogP contribution in [0.15, 0.2) is 0 Å². The Kier molecular flexibility index (Phi) is 6.46. The van der Waals surface area contributed by atoms with E-state index in [1.807, 2.05) is 0 Å². The topological polar surface area (TPSA) is 41.1 Å². The molecule has 16 heavy (non-hydrogen) atoms. The Bertz CT molecular complexity index is 200. The van der Waals surface area contributed by atoms with Crippen LogP contribution < -0.4 is 10.6 Å². The highest BCUT2D eigenvalue weighted by atomic mass is 16.1. The zero-order chi connectivity index (χ0) is 11.8. The Morgan fingerprint density at radius 3 is 2.69 bits per heavy atom. The maximum Gasteiger partial charge on any atom is 0.234 e. The molecule has 3 nitrogen and oxygen atoms in total. The number of rotatable bonds is 7. The molecule has 1 saturated carbocycles. The van der Waals surface area contributed by atoms with E-state index >= 15 is 0 Å². The molecule has 2 N–H and O–H groups in total. The molecule has 1 amide bonds. The number of carbonyl (C=O) groups excluding carboxylic acids is 1. The molecule has 1 atom stereocenters. The van der Waals surface area contributed by atoms with Gasteiger partial charge in [0.15, 0.2) is 0 Å². The van der Waals surface area contributed by atoms with Gasteiger partial charge in [0.05, 0.1) is 6.54 Å². The van der Waals surface area contributed by atoms with E-state index in [4.69, 9.17) is 0 Å². The van der Waals surface area contributed by atoms with E-state index in [-0.39, 0.29) is 5.91 Å². The van der Waals surface area contributed by atoms with Crippen LogP contribution in [0.25, 0.3) is 0 Å². The fourth-order valence-electron chi connectivity index (χ4n) is 2.23. The summed E-state index contributed by atoms with van der Waals surface area (Å²) in [4.78, 5) is 11.6. The molecule has 1 aliphatic rings. The molecule has 0 aromatic rings. The molecule has 0 radical (unpaired) electrons. The van der Waals surface area contributed by atoms with Crippen LogP contribution >= 0.6 is 0 Å². The van der Waals surface area contributed by atoms with Crippen molar-refractivity contribution in [2.75, 3.05) is 6.54 Å². The van der Waals surface area contributed by atoms with Gasteiger partial charge in [0.25, 0.3) is 0 Å². The predicted octanol–water partition coefficient (Wildman–Crippen LogP) is 2.21. The maximum atomic E-state index is 11.6. The van der Waals surface area contributed by atoms with E-state index in [2.05, 4.69) is 24.5 Å². The lowest BCUT2D eigenvalue weighted by Gasteiger charge is -2.15. The van der Waals surface area contributed by atoms with E-state index < -0.39 is 0 Å². The molecule has 1 unspecified atom stereocenters. The molecule has 94 valence electrons. The third kappa shape index (κ3) is 5.50. The Morgan fingerprint density at radius 2 is 2.06 bits per heavy atom. The van der Waals surface area contributed by atoms with Crippen LogP contribution in [0.5, 0.6) is 0 Å². The van der Waals surface area contributed by atoms with Crippen molar-refractivity contribution in [1.82, 2.24) is 10.6 Å². The summed E-state index contributed by atoms with van der Waals surface area (Å²) < 4.78 is 0.